The van der Waals surface area contributed by atoms with Gasteiger partial charge in [0.1, 0.15) is 18.3 Å². The summed E-state index contributed by atoms with van der Waals surface area (Å²) in [5.74, 6) is -3.06. The van der Waals surface area contributed by atoms with E-state index in [1.54, 1.807) is 27.7 Å². The van der Waals surface area contributed by atoms with Crippen LogP contribution in [0.4, 0.5) is 4.79 Å². The number of fused-ring (bicyclic) bond motifs is 4. The summed E-state index contributed by atoms with van der Waals surface area (Å²) in [6, 6.07) is -0.261. The maximum atomic E-state index is 14.5. The minimum Gasteiger partial charge on any atom is -0.458 e. The van der Waals surface area contributed by atoms with Crippen molar-refractivity contribution >= 4 is 17.8 Å². The fourth-order valence-electron chi connectivity index (χ4n) is 9.59. The number of esters is 1. The molecule has 16 nitrogen and oxygen atoms in total. The van der Waals surface area contributed by atoms with Gasteiger partial charge in [0.05, 0.1) is 47.2 Å². The van der Waals surface area contributed by atoms with Gasteiger partial charge in [0, 0.05) is 37.3 Å². The molecule has 0 aromatic rings. The molecule has 0 aromatic carbocycles. The van der Waals surface area contributed by atoms with Crippen molar-refractivity contribution in [3.63, 3.8) is 0 Å². The van der Waals surface area contributed by atoms with Gasteiger partial charge in [-0.3, -0.25) is 4.79 Å². The molecule has 316 valence electrons. The molecule has 0 amide bonds. The number of cyclic esters (lactones) is 1. The summed E-state index contributed by atoms with van der Waals surface area (Å²) in [4.78, 5) is 35.1. The third kappa shape index (κ3) is 8.68. The second-order valence-corrected chi connectivity index (χ2v) is 17.3. The van der Waals surface area contributed by atoms with E-state index < -0.39 is 102 Å². The molecule has 4 saturated heterocycles. The zero-order valence-corrected chi connectivity index (χ0v) is 34.9. The Bertz CT molecular complexity index is 1390. The molecule has 55 heavy (non-hydrogen) atoms. The average molecular weight is 787 g/mol. The molecule has 0 aliphatic carbocycles. The second kappa shape index (κ2) is 17.0. The molecule has 2 N–H and O–H groups in total. The van der Waals surface area contributed by atoms with Crippen LogP contribution in [0.15, 0.2) is 5.16 Å². The van der Waals surface area contributed by atoms with Crippen LogP contribution in [0.5, 0.6) is 0 Å². The van der Waals surface area contributed by atoms with Crippen molar-refractivity contribution in [1.82, 2.24) is 4.90 Å². The van der Waals surface area contributed by atoms with E-state index in [4.69, 9.17) is 47.5 Å². The summed E-state index contributed by atoms with van der Waals surface area (Å²) in [5, 5.41) is 27.2. The standard InChI is InChI=1S/C39H66N2O14/c1-14-26-39(10)33(54-36(45)55-39)21(4)28-19(2)16-38(9,47-18-48-40-28)32(53-35-29(42)25(41(11)12)15-20(3)49-35)22(5)30(23(6)34(44)51-26)52-27-17-37(8,46-13)31(43)24(7)50-27/h19-27,29-33,35,42-43H,14-18H2,1-13H3/b40-28+/t19-,20-,21+,22+,23-,24+,25+,26-,27+,29-,30+,31+,32-,33+,35+,37-,38?,39-/m1/s1. The lowest BCUT2D eigenvalue weighted by Crippen LogP contribution is -2.61. The van der Waals surface area contributed by atoms with Crippen molar-refractivity contribution in [3.8, 4) is 0 Å². The number of oxime groups is 1. The number of carbonyl (C=O) groups is 2. The number of methoxy groups -OCH3 is 1. The van der Waals surface area contributed by atoms with E-state index >= 15 is 0 Å². The Morgan fingerprint density at radius 1 is 0.945 bits per heavy atom. The highest BCUT2D eigenvalue weighted by atomic mass is 16.8. The summed E-state index contributed by atoms with van der Waals surface area (Å²) in [7, 11) is 5.33. The maximum Gasteiger partial charge on any atom is 0.509 e. The highest BCUT2D eigenvalue weighted by molar-refractivity contribution is 5.89. The van der Waals surface area contributed by atoms with E-state index in [2.05, 4.69) is 5.16 Å². The number of nitrogens with zero attached hydrogens (tertiary/aromatic N) is 2. The number of carbonyl (C=O) groups excluding carboxylic acids is 2. The van der Waals surface area contributed by atoms with E-state index in [0.717, 1.165) is 0 Å². The lowest BCUT2D eigenvalue weighted by Gasteiger charge is -2.50. The van der Waals surface area contributed by atoms with Crippen LogP contribution in [0, 0.1) is 23.7 Å². The quantitative estimate of drug-likeness (QED) is 0.356. The Morgan fingerprint density at radius 2 is 1.64 bits per heavy atom. The molecule has 5 rings (SSSR count). The fourth-order valence-corrected chi connectivity index (χ4v) is 9.59. The molecule has 4 fully saturated rings. The van der Waals surface area contributed by atoms with Crippen molar-refractivity contribution in [2.24, 2.45) is 28.8 Å². The maximum absolute atomic E-state index is 14.5. The summed E-state index contributed by atoms with van der Waals surface area (Å²) in [6.07, 6.45) is -7.97. The number of hydrogen-bond acceptors (Lipinski definition) is 16. The molecular weight excluding hydrogens is 720 g/mol. The Morgan fingerprint density at radius 3 is 2.27 bits per heavy atom. The largest absolute Gasteiger partial charge is 0.509 e. The first-order valence-corrected chi connectivity index (χ1v) is 19.8. The highest BCUT2D eigenvalue weighted by Gasteiger charge is 2.59. The van der Waals surface area contributed by atoms with Gasteiger partial charge in [-0.1, -0.05) is 32.9 Å². The van der Waals surface area contributed by atoms with Gasteiger partial charge < -0.3 is 62.6 Å². The third-order valence-corrected chi connectivity index (χ3v) is 12.9. The van der Waals surface area contributed by atoms with Crippen LogP contribution in [-0.2, 0) is 52.3 Å². The summed E-state index contributed by atoms with van der Waals surface area (Å²) in [6.45, 7) is 18.2. The Kier molecular flexibility index (Phi) is 13.6. The predicted octanol–water partition coefficient (Wildman–Crippen LogP) is 3.77. The number of aliphatic hydroxyl groups excluding tert-OH is 2. The van der Waals surface area contributed by atoms with Gasteiger partial charge in [0.25, 0.3) is 0 Å². The van der Waals surface area contributed by atoms with E-state index in [1.165, 1.54) is 7.11 Å². The zero-order chi connectivity index (χ0) is 40.8. The molecular formula is C39H66N2O14. The van der Waals surface area contributed by atoms with Crippen molar-refractivity contribution in [3.05, 3.63) is 0 Å². The highest BCUT2D eigenvalue weighted by Crippen LogP contribution is 2.44. The van der Waals surface area contributed by atoms with E-state index in [0.29, 0.717) is 25.0 Å². The number of likely N-dealkylation sites (N-methyl/N-ethyl adjacent to an activating group) is 1. The third-order valence-electron chi connectivity index (χ3n) is 12.9. The molecule has 5 heterocycles. The van der Waals surface area contributed by atoms with Gasteiger partial charge >= 0.3 is 12.1 Å². The SMILES string of the molecule is CC[C@H]1OC(=O)[C@H](C)[C@@H](O[C@H]2C[C@@](C)(OC)[C@@H](O)[C@H](C)O2)[C@H](C)[C@@H](O[C@@H]2O[C@H](C)C[C@H](N(C)C)[C@H]2O)C2(C)C[C@@H](C)/C(=N\OCO2)[C@H](C)[C@@H]2OC(=O)O[C@]12C. The zero-order valence-electron chi connectivity index (χ0n) is 34.9. The van der Waals surface area contributed by atoms with Gasteiger partial charge in [0.15, 0.2) is 24.3 Å². The molecule has 18 atom stereocenters. The van der Waals surface area contributed by atoms with E-state index in [1.807, 2.05) is 60.5 Å². The van der Waals surface area contributed by atoms with Crippen LogP contribution in [0.1, 0.15) is 94.9 Å². The lowest BCUT2D eigenvalue weighted by molar-refractivity contribution is -0.325. The fraction of sp³-hybridized carbons (Fsp3) is 0.923. The van der Waals surface area contributed by atoms with Gasteiger partial charge in [-0.25, -0.2) is 4.79 Å². The van der Waals surface area contributed by atoms with E-state index in [9.17, 15) is 19.8 Å². The molecule has 1 unspecified atom stereocenters. The van der Waals surface area contributed by atoms with Crippen LogP contribution in [-0.4, -0.2) is 145 Å². The summed E-state index contributed by atoms with van der Waals surface area (Å²) >= 11 is 0. The van der Waals surface area contributed by atoms with Crippen molar-refractivity contribution in [1.29, 1.82) is 0 Å². The van der Waals surface area contributed by atoms with Crippen LogP contribution in [0.3, 0.4) is 0 Å². The molecule has 5 aliphatic rings. The Hall–Kier alpha value is -2.15. The summed E-state index contributed by atoms with van der Waals surface area (Å²) in [5.41, 5.74) is -2.94. The molecule has 5 aliphatic heterocycles. The van der Waals surface area contributed by atoms with Crippen LogP contribution in [0.2, 0.25) is 0 Å². The minimum atomic E-state index is -1.37. The molecule has 0 radical (unpaired) electrons. The number of rotatable bonds is 7. The molecule has 0 spiro atoms. The first-order chi connectivity index (χ1) is 25.7. The van der Waals surface area contributed by atoms with E-state index in [-0.39, 0.29) is 31.3 Å². The second-order valence-electron chi connectivity index (χ2n) is 17.3. The average Bonchev–Trinajstić information content (AvgIpc) is 3.43. The number of hydrogen-bond donors (Lipinski definition) is 2. The van der Waals surface area contributed by atoms with Crippen LogP contribution in [0.25, 0.3) is 0 Å². The number of aliphatic hydroxyl groups is 2. The monoisotopic (exact) mass is 786 g/mol. The normalized spacial score (nSPS) is 49.6. The van der Waals surface area contributed by atoms with Crippen molar-refractivity contribution < 1.29 is 67.3 Å². The molecule has 0 saturated carbocycles. The minimum absolute atomic E-state index is 0.152. The van der Waals surface area contributed by atoms with Crippen LogP contribution >= 0.6 is 0 Å². The lowest BCUT2D eigenvalue weighted by atomic mass is 9.73. The van der Waals surface area contributed by atoms with Gasteiger partial charge in [0.2, 0.25) is 6.79 Å². The first-order valence-electron chi connectivity index (χ1n) is 19.8. The molecule has 16 heteroatoms. The topological polar surface area (TPSA) is 182 Å². The van der Waals surface area contributed by atoms with Crippen LogP contribution < -0.4 is 0 Å². The van der Waals surface area contributed by atoms with Gasteiger partial charge in [-0.15, -0.1) is 0 Å². The Labute approximate surface area is 325 Å². The van der Waals surface area contributed by atoms with Gasteiger partial charge in [-0.05, 0) is 74.9 Å². The predicted molar refractivity (Wildman–Crippen MR) is 197 cm³/mol. The smallest absolute Gasteiger partial charge is 0.458 e. The number of ether oxygens (including phenoxy) is 9. The molecule has 0 aromatic heterocycles. The Balaban J connectivity index is 1.65. The molecule has 2 bridgehead atoms. The van der Waals surface area contributed by atoms with Gasteiger partial charge in [-0.2, -0.15) is 0 Å². The first kappa shape index (κ1) is 44.0. The van der Waals surface area contributed by atoms with Crippen molar-refractivity contribution in [2.45, 2.75) is 179 Å². The van der Waals surface area contributed by atoms with Crippen molar-refractivity contribution in [2.75, 3.05) is 28.0 Å². The summed E-state index contributed by atoms with van der Waals surface area (Å²) < 4.78 is 56.7.